The predicted molar refractivity (Wildman–Crippen MR) is 87.6 cm³/mol. The number of nitrogens with two attached hydrogens (primary N) is 1. The summed E-state index contributed by atoms with van der Waals surface area (Å²) in [6, 6.07) is 7.01. The van der Waals surface area contributed by atoms with Crippen LogP contribution in [0.3, 0.4) is 0 Å². The Labute approximate surface area is 136 Å². The molecule has 0 aromatic heterocycles. The van der Waals surface area contributed by atoms with Crippen molar-refractivity contribution < 1.29 is 14.4 Å². The summed E-state index contributed by atoms with van der Waals surface area (Å²) in [6.45, 7) is 2.82. The highest BCUT2D eigenvalue weighted by Gasteiger charge is 2.06. The van der Waals surface area contributed by atoms with Crippen molar-refractivity contribution in [1.29, 1.82) is 0 Å². The lowest BCUT2D eigenvalue weighted by Crippen LogP contribution is -2.39. The normalized spacial score (nSPS) is 10.0. The Kier molecular flexibility index (Phi) is 8.38. The number of hydrogen-bond acceptors (Lipinski definition) is 4. The lowest BCUT2D eigenvalue weighted by atomic mass is 10.1. The molecule has 0 unspecified atom stereocenters. The van der Waals surface area contributed by atoms with Gasteiger partial charge in [-0.3, -0.25) is 14.4 Å². The number of amides is 3. The van der Waals surface area contributed by atoms with Gasteiger partial charge in [-0.15, -0.1) is 0 Å². The molecule has 0 radical (unpaired) electrons. The van der Waals surface area contributed by atoms with Crippen molar-refractivity contribution in [3.05, 3.63) is 35.4 Å². The van der Waals surface area contributed by atoms with Crippen molar-refractivity contribution in [2.24, 2.45) is 5.73 Å². The molecule has 1 rings (SSSR count). The number of carbonyl (C=O) groups excluding carboxylic acids is 3. The lowest BCUT2D eigenvalue weighted by Gasteiger charge is -2.08. The highest BCUT2D eigenvalue weighted by atomic mass is 16.2. The van der Waals surface area contributed by atoms with Gasteiger partial charge in [0.15, 0.2) is 0 Å². The summed E-state index contributed by atoms with van der Waals surface area (Å²) in [5.41, 5.74) is 6.58. The molecule has 5 N–H and O–H groups in total. The average molecular weight is 320 g/mol. The third-order valence-corrected chi connectivity index (χ3v) is 3.15. The van der Waals surface area contributed by atoms with E-state index in [-0.39, 0.29) is 30.8 Å². The average Bonchev–Trinajstić information content (AvgIpc) is 2.58. The van der Waals surface area contributed by atoms with Gasteiger partial charge in [0.1, 0.15) is 0 Å². The molecule has 0 saturated heterocycles. The first-order valence-corrected chi connectivity index (χ1v) is 7.67. The minimum absolute atomic E-state index is 0.0986. The lowest BCUT2D eigenvalue weighted by molar-refractivity contribution is -0.125. The summed E-state index contributed by atoms with van der Waals surface area (Å²) in [6.07, 6.45) is 1.99. The maximum absolute atomic E-state index is 11.8. The molecular formula is C16H24N4O3. The van der Waals surface area contributed by atoms with Crippen LogP contribution in [0.2, 0.25) is 0 Å². The van der Waals surface area contributed by atoms with Crippen molar-refractivity contribution in [1.82, 2.24) is 16.0 Å². The maximum Gasteiger partial charge on any atom is 0.251 e. The zero-order chi connectivity index (χ0) is 17.1. The molecule has 0 fully saturated rings. The van der Waals surface area contributed by atoms with E-state index in [0.29, 0.717) is 18.7 Å². The Morgan fingerprint density at radius 3 is 2.30 bits per heavy atom. The number of rotatable bonds is 9. The van der Waals surface area contributed by atoms with Crippen molar-refractivity contribution in [2.45, 2.75) is 26.3 Å². The van der Waals surface area contributed by atoms with Crippen LogP contribution >= 0.6 is 0 Å². The smallest absolute Gasteiger partial charge is 0.251 e. The second kappa shape index (κ2) is 10.3. The van der Waals surface area contributed by atoms with Crippen LogP contribution < -0.4 is 21.7 Å². The van der Waals surface area contributed by atoms with E-state index in [1.54, 1.807) is 24.3 Å². The van der Waals surface area contributed by atoms with Crippen molar-refractivity contribution in [3.8, 4) is 0 Å². The van der Waals surface area contributed by atoms with Crippen LogP contribution in [0.25, 0.3) is 0 Å². The Bertz CT molecular complexity index is 529. The number of benzene rings is 1. The summed E-state index contributed by atoms with van der Waals surface area (Å²) in [7, 11) is 0. The van der Waals surface area contributed by atoms with Gasteiger partial charge in [0.05, 0.1) is 13.1 Å². The minimum Gasteiger partial charge on any atom is -0.352 e. The van der Waals surface area contributed by atoms with Crippen LogP contribution in [0.4, 0.5) is 0 Å². The molecule has 0 aliphatic rings. The van der Waals surface area contributed by atoms with Crippen LogP contribution in [0.15, 0.2) is 24.3 Å². The fourth-order valence-corrected chi connectivity index (χ4v) is 1.77. The monoisotopic (exact) mass is 320 g/mol. The molecule has 0 heterocycles. The largest absolute Gasteiger partial charge is 0.352 e. The predicted octanol–water partition coefficient (Wildman–Crippen LogP) is -0.0924. The van der Waals surface area contributed by atoms with Crippen LogP contribution in [-0.2, 0) is 16.1 Å². The van der Waals surface area contributed by atoms with Crippen LogP contribution in [0.1, 0.15) is 35.7 Å². The summed E-state index contributed by atoms with van der Waals surface area (Å²) in [5, 5.41) is 7.91. The third kappa shape index (κ3) is 7.42. The molecule has 3 amide bonds. The number of unbranched alkanes of at least 4 members (excludes halogenated alkanes) is 1. The molecule has 7 nitrogen and oxygen atoms in total. The Morgan fingerprint density at radius 1 is 1.00 bits per heavy atom. The third-order valence-electron chi connectivity index (χ3n) is 3.15. The first-order chi connectivity index (χ1) is 11.1. The minimum atomic E-state index is -0.376. The standard InChI is InChI=1S/C16H24N4O3/c1-2-3-8-18-16(23)13-6-4-12(5-7-13)10-19-15(22)11-20-14(21)9-17/h4-7H,2-3,8-11,17H2,1H3,(H,18,23)(H,19,22)(H,20,21). The van der Waals surface area contributed by atoms with E-state index in [9.17, 15) is 14.4 Å². The van der Waals surface area contributed by atoms with E-state index in [0.717, 1.165) is 18.4 Å². The summed E-state index contributed by atoms with van der Waals surface area (Å²) >= 11 is 0. The first kappa shape index (κ1) is 18.6. The van der Waals surface area contributed by atoms with Gasteiger partial charge >= 0.3 is 0 Å². The zero-order valence-electron chi connectivity index (χ0n) is 13.4. The van der Waals surface area contributed by atoms with Crippen molar-refractivity contribution >= 4 is 17.7 Å². The number of hydrogen-bond donors (Lipinski definition) is 4. The SMILES string of the molecule is CCCCNC(=O)c1ccc(CNC(=O)CNC(=O)CN)cc1. The second-order valence-electron chi connectivity index (χ2n) is 5.06. The van der Waals surface area contributed by atoms with Crippen LogP contribution in [0, 0.1) is 0 Å². The summed E-state index contributed by atoms with van der Waals surface area (Å²) in [5.74, 6) is -0.773. The molecular weight excluding hydrogens is 296 g/mol. The van der Waals surface area contributed by atoms with E-state index in [4.69, 9.17) is 5.73 Å². The van der Waals surface area contributed by atoms with E-state index < -0.39 is 0 Å². The highest BCUT2D eigenvalue weighted by molar-refractivity contribution is 5.94. The van der Waals surface area contributed by atoms with Gasteiger partial charge in [0.2, 0.25) is 11.8 Å². The van der Waals surface area contributed by atoms with Crippen molar-refractivity contribution in [3.63, 3.8) is 0 Å². The molecule has 0 spiro atoms. The topological polar surface area (TPSA) is 113 Å². The highest BCUT2D eigenvalue weighted by Crippen LogP contribution is 2.04. The van der Waals surface area contributed by atoms with Crippen LogP contribution in [-0.4, -0.2) is 37.4 Å². The number of nitrogens with one attached hydrogen (secondary N) is 3. The second-order valence-corrected chi connectivity index (χ2v) is 5.06. The molecule has 1 aromatic carbocycles. The van der Waals surface area contributed by atoms with E-state index in [2.05, 4.69) is 22.9 Å². The Balaban J connectivity index is 2.37. The molecule has 0 atom stereocenters. The van der Waals surface area contributed by atoms with E-state index in [1.165, 1.54) is 0 Å². The summed E-state index contributed by atoms with van der Waals surface area (Å²) in [4.78, 5) is 34.3. The van der Waals surface area contributed by atoms with Gasteiger partial charge < -0.3 is 21.7 Å². The maximum atomic E-state index is 11.8. The quantitative estimate of drug-likeness (QED) is 0.476. The molecule has 0 aliphatic heterocycles. The van der Waals surface area contributed by atoms with Gasteiger partial charge in [-0.1, -0.05) is 25.5 Å². The molecule has 0 saturated carbocycles. The molecule has 1 aromatic rings. The van der Waals surface area contributed by atoms with Gasteiger partial charge in [-0.25, -0.2) is 0 Å². The number of carbonyl (C=O) groups is 3. The first-order valence-electron chi connectivity index (χ1n) is 7.67. The Hall–Kier alpha value is -2.41. The fraction of sp³-hybridized carbons (Fsp3) is 0.438. The zero-order valence-corrected chi connectivity index (χ0v) is 13.4. The van der Waals surface area contributed by atoms with Crippen LogP contribution in [0.5, 0.6) is 0 Å². The van der Waals surface area contributed by atoms with E-state index in [1.807, 2.05) is 0 Å². The van der Waals surface area contributed by atoms with Gasteiger partial charge in [-0.2, -0.15) is 0 Å². The van der Waals surface area contributed by atoms with Gasteiger partial charge in [-0.05, 0) is 24.1 Å². The fourth-order valence-electron chi connectivity index (χ4n) is 1.77. The molecule has 7 heteroatoms. The molecule has 0 aliphatic carbocycles. The molecule has 126 valence electrons. The van der Waals surface area contributed by atoms with E-state index >= 15 is 0 Å². The molecule has 0 bridgehead atoms. The van der Waals surface area contributed by atoms with Gasteiger partial charge in [0.25, 0.3) is 5.91 Å². The molecule has 23 heavy (non-hydrogen) atoms. The van der Waals surface area contributed by atoms with Crippen molar-refractivity contribution in [2.75, 3.05) is 19.6 Å². The Morgan fingerprint density at radius 2 is 1.70 bits per heavy atom. The summed E-state index contributed by atoms with van der Waals surface area (Å²) < 4.78 is 0. The van der Waals surface area contributed by atoms with Gasteiger partial charge in [0, 0.05) is 18.7 Å².